The van der Waals surface area contributed by atoms with Gasteiger partial charge in [0, 0.05) is 16.7 Å². The molecule has 0 radical (unpaired) electrons. The van der Waals surface area contributed by atoms with Crippen LogP contribution in [0.4, 0.5) is 5.69 Å². The molecule has 0 aromatic heterocycles. The molecule has 18 heavy (non-hydrogen) atoms. The van der Waals surface area contributed by atoms with E-state index >= 15 is 0 Å². The molecule has 1 aliphatic carbocycles. The van der Waals surface area contributed by atoms with E-state index in [4.69, 9.17) is 5.73 Å². The first-order valence-electron chi connectivity index (χ1n) is 6.48. The van der Waals surface area contributed by atoms with Gasteiger partial charge < -0.3 is 11.1 Å². The van der Waals surface area contributed by atoms with Gasteiger partial charge in [0.25, 0.3) is 0 Å². The maximum absolute atomic E-state index is 11.2. The Kier molecular flexibility index (Phi) is 5.08. The van der Waals surface area contributed by atoms with Crippen molar-refractivity contribution in [3.05, 3.63) is 29.8 Å². The Morgan fingerprint density at radius 1 is 1.39 bits per heavy atom. The first kappa shape index (κ1) is 13.4. The zero-order valence-corrected chi connectivity index (χ0v) is 11.3. The quantitative estimate of drug-likeness (QED) is 0.860. The number of carbonyl (C=O) groups is 1. The summed E-state index contributed by atoms with van der Waals surface area (Å²) < 4.78 is 0. The van der Waals surface area contributed by atoms with Crippen molar-refractivity contribution in [1.82, 2.24) is 0 Å². The smallest absolute Gasteiger partial charge is 0.238 e. The third kappa shape index (κ3) is 4.03. The molecule has 1 aromatic rings. The molecule has 3 N–H and O–H groups in total. The molecule has 0 bridgehead atoms. The van der Waals surface area contributed by atoms with Crippen LogP contribution in [0.15, 0.2) is 24.3 Å². The highest BCUT2D eigenvalue weighted by Gasteiger charge is 2.15. The fraction of sp³-hybridized carbons (Fsp3) is 0.500. The lowest BCUT2D eigenvalue weighted by Gasteiger charge is -2.10. The summed E-state index contributed by atoms with van der Waals surface area (Å²) >= 11 is 2.03. The van der Waals surface area contributed by atoms with Gasteiger partial charge in [-0.15, -0.1) is 0 Å². The number of hydrogen-bond donors (Lipinski definition) is 2. The standard InChI is InChI=1S/C14H20N2OS/c15-9-14(17)16-12-5-3-4-11(8-12)10-18-13-6-1-2-7-13/h3-5,8,13H,1-2,6-7,9-10,15H2,(H,16,17). The number of thioether (sulfide) groups is 1. The van der Waals surface area contributed by atoms with Crippen LogP contribution in [0.1, 0.15) is 31.2 Å². The van der Waals surface area contributed by atoms with Gasteiger partial charge >= 0.3 is 0 Å². The van der Waals surface area contributed by atoms with Crippen LogP contribution >= 0.6 is 11.8 Å². The Balaban J connectivity index is 1.87. The first-order valence-corrected chi connectivity index (χ1v) is 7.53. The van der Waals surface area contributed by atoms with Crippen molar-refractivity contribution in [2.45, 2.75) is 36.7 Å². The number of nitrogens with one attached hydrogen (secondary N) is 1. The first-order chi connectivity index (χ1) is 8.78. The average Bonchev–Trinajstić information content (AvgIpc) is 2.90. The van der Waals surface area contributed by atoms with E-state index in [2.05, 4.69) is 11.4 Å². The number of amides is 1. The summed E-state index contributed by atoms with van der Waals surface area (Å²) in [4.78, 5) is 11.2. The van der Waals surface area contributed by atoms with Crippen molar-refractivity contribution in [3.8, 4) is 0 Å². The lowest BCUT2D eigenvalue weighted by Crippen LogP contribution is -2.21. The minimum absolute atomic E-state index is 0.0288. The van der Waals surface area contributed by atoms with Crippen LogP contribution in [-0.4, -0.2) is 17.7 Å². The zero-order valence-electron chi connectivity index (χ0n) is 10.5. The molecular formula is C14H20N2OS. The fourth-order valence-corrected chi connectivity index (χ4v) is 3.49. The normalized spacial score (nSPS) is 15.8. The molecule has 0 atom stereocenters. The van der Waals surface area contributed by atoms with Crippen molar-refractivity contribution in [3.63, 3.8) is 0 Å². The molecule has 1 aromatic carbocycles. The molecule has 0 aliphatic heterocycles. The molecule has 98 valence electrons. The Hall–Kier alpha value is -1.00. The SMILES string of the molecule is NCC(=O)Nc1cccc(CSC2CCCC2)c1. The maximum Gasteiger partial charge on any atom is 0.238 e. The molecule has 0 unspecified atom stereocenters. The topological polar surface area (TPSA) is 55.1 Å². The van der Waals surface area contributed by atoms with Crippen molar-refractivity contribution in [1.29, 1.82) is 0 Å². The highest BCUT2D eigenvalue weighted by molar-refractivity contribution is 7.99. The van der Waals surface area contributed by atoms with E-state index in [1.54, 1.807) is 0 Å². The molecule has 0 heterocycles. The van der Waals surface area contributed by atoms with E-state index in [9.17, 15) is 4.79 Å². The second kappa shape index (κ2) is 6.81. The summed E-state index contributed by atoms with van der Waals surface area (Å²) in [6.07, 6.45) is 5.47. The molecular weight excluding hydrogens is 244 g/mol. The molecule has 1 amide bonds. The van der Waals surface area contributed by atoms with Gasteiger partial charge in [-0.05, 0) is 30.5 Å². The summed E-state index contributed by atoms with van der Waals surface area (Å²) in [5.74, 6) is 0.882. The van der Waals surface area contributed by atoms with E-state index < -0.39 is 0 Å². The van der Waals surface area contributed by atoms with E-state index in [0.717, 1.165) is 16.7 Å². The van der Waals surface area contributed by atoms with Gasteiger partial charge in [-0.1, -0.05) is 25.0 Å². The summed E-state index contributed by atoms with van der Waals surface area (Å²) in [6.45, 7) is 0.0288. The minimum Gasteiger partial charge on any atom is -0.325 e. The van der Waals surface area contributed by atoms with Gasteiger partial charge in [0.2, 0.25) is 5.91 Å². The third-order valence-corrected chi connectivity index (χ3v) is 4.63. The molecule has 1 aliphatic rings. The van der Waals surface area contributed by atoms with Gasteiger partial charge in [0.1, 0.15) is 0 Å². The largest absolute Gasteiger partial charge is 0.325 e. The maximum atomic E-state index is 11.2. The van der Waals surface area contributed by atoms with Gasteiger partial charge in [0.05, 0.1) is 6.54 Å². The number of nitrogens with two attached hydrogens (primary N) is 1. The molecule has 2 rings (SSSR count). The highest BCUT2D eigenvalue weighted by Crippen LogP contribution is 2.31. The lowest BCUT2D eigenvalue weighted by molar-refractivity contribution is -0.114. The fourth-order valence-electron chi connectivity index (χ4n) is 2.22. The van der Waals surface area contributed by atoms with Crippen LogP contribution in [0, 0.1) is 0 Å². The van der Waals surface area contributed by atoms with E-state index in [1.165, 1.54) is 31.2 Å². The van der Waals surface area contributed by atoms with Crippen molar-refractivity contribution >= 4 is 23.4 Å². The van der Waals surface area contributed by atoms with Crippen LogP contribution in [0.5, 0.6) is 0 Å². The van der Waals surface area contributed by atoms with Gasteiger partial charge in [-0.3, -0.25) is 4.79 Å². The number of anilines is 1. The number of hydrogen-bond acceptors (Lipinski definition) is 3. The summed E-state index contributed by atoms with van der Waals surface area (Å²) in [6, 6.07) is 8.03. The average molecular weight is 264 g/mol. The molecule has 4 heteroatoms. The zero-order chi connectivity index (χ0) is 12.8. The highest BCUT2D eigenvalue weighted by atomic mass is 32.2. The van der Waals surface area contributed by atoms with Crippen molar-refractivity contribution in [2.75, 3.05) is 11.9 Å². The predicted octanol–water partition coefficient (Wildman–Crippen LogP) is 2.76. The summed E-state index contributed by atoms with van der Waals surface area (Å²) in [7, 11) is 0. The number of benzene rings is 1. The van der Waals surface area contributed by atoms with Gasteiger partial charge in [-0.25, -0.2) is 0 Å². The van der Waals surface area contributed by atoms with Crippen LogP contribution in [0.25, 0.3) is 0 Å². The van der Waals surface area contributed by atoms with Gasteiger partial charge in [0.15, 0.2) is 0 Å². The Labute approximate surface area is 113 Å². The summed E-state index contributed by atoms with van der Waals surface area (Å²) in [5, 5.41) is 3.61. The molecule has 3 nitrogen and oxygen atoms in total. The minimum atomic E-state index is -0.143. The molecule has 1 fully saturated rings. The monoisotopic (exact) mass is 264 g/mol. The van der Waals surface area contributed by atoms with Crippen LogP contribution in [0.3, 0.4) is 0 Å². The Bertz CT molecular complexity index is 403. The van der Waals surface area contributed by atoms with E-state index in [0.29, 0.717) is 0 Å². The van der Waals surface area contributed by atoms with E-state index in [1.807, 2.05) is 30.0 Å². The summed E-state index contributed by atoms with van der Waals surface area (Å²) in [5.41, 5.74) is 7.39. The van der Waals surface area contributed by atoms with Crippen LogP contribution < -0.4 is 11.1 Å². The van der Waals surface area contributed by atoms with Crippen LogP contribution in [-0.2, 0) is 10.5 Å². The third-order valence-electron chi connectivity index (χ3n) is 3.18. The van der Waals surface area contributed by atoms with E-state index in [-0.39, 0.29) is 12.5 Å². The second-order valence-electron chi connectivity index (χ2n) is 4.67. The number of carbonyl (C=O) groups excluding carboxylic acids is 1. The Morgan fingerprint density at radius 2 is 2.17 bits per heavy atom. The Morgan fingerprint density at radius 3 is 2.89 bits per heavy atom. The van der Waals surface area contributed by atoms with Gasteiger partial charge in [-0.2, -0.15) is 11.8 Å². The molecule has 0 saturated heterocycles. The molecule has 1 saturated carbocycles. The second-order valence-corrected chi connectivity index (χ2v) is 5.96. The molecule has 0 spiro atoms. The predicted molar refractivity (Wildman–Crippen MR) is 77.7 cm³/mol. The lowest BCUT2D eigenvalue weighted by atomic mass is 10.2. The van der Waals surface area contributed by atoms with Crippen LogP contribution in [0.2, 0.25) is 0 Å². The van der Waals surface area contributed by atoms with Crippen molar-refractivity contribution in [2.24, 2.45) is 5.73 Å². The van der Waals surface area contributed by atoms with Crippen molar-refractivity contribution < 1.29 is 4.79 Å². The number of rotatable bonds is 5.